The van der Waals surface area contributed by atoms with Crippen molar-refractivity contribution in [1.29, 1.82) is 0 Å². The molecular formula is C15H30N2. The summed E-state index contributed by atoms with van der Waals surface area (Å²) in [6.45, 7) is 12.0. The van der Waals surface area contributed by atoms with Gasteiger partial charge in [0.25, 0.3) is 0 Å². The maximum absolute atomic E-state index is 3.73. The predicted molar refractivity (Wildman–Crippen MR) is 74.2 cm³/mol. The van der Waals surface area contributed by atoms with Gasteiger partial charge in [-0.05, 0) is 38.0 Å². The summed E-state index contributed by atoms with van der Waals surface area (Å²) in [5.74, 6) is 1.72. The SMILES string of the molecule is CC(C)CC1CN(C2CCCC2C)C(C)CN1. The molecule has 0 aromatic carbocycles. The Morgan fingerprint density at radius 1 is 1.24 bits per heavy atom. The lowest BCUT2D eigenvalue weighted by Gasteiger charge is -2.44. The molecule has 2 heteroatoms. The van der Waals surface area contributed by atoms with Gasteiger partial charge in [0.15, 0.2) is 0 Å². The molecule has 2 fully saturated rings. The highest BCUT2D eigenvalue weighted by Gasteiger charge is 2.35. The molecule has 1 aliphatic heterocycles. The van der Waals surface area contributed by atoms with E-state index in [9.17, 15) is 0 Å². The third-order valence-corrected chi connectivity index (χ3v) is 4.70. The fourth-order valence-corrected chi connectivity index (χ4v) is 3.76. The number of nitrogens with one attached hydrogen (secondary N) is 1. The summed E-state index contributed by atoms with van der Waals surface area (Å²) in [4.78, 5) is 2.81. The van der Waals surface area contributed by atoms with Gasteiger partial charge in [-0.25, -0.2) is 0 Å². The molecule has 0 spiro atoms. The number of hydrogen-bond donors (Lipinski definition) is 1. The first kappa shape index (κ1) is 13.4. The lowest BCUT2D eigenvalue weighted by Crippen LogP contribution is -2.59. The summed E-state index contributed by atoms with van der Waals surface area (Å²) >= 11 is 0. The van der Waals surface area contributed by atoms with Crippen LogP contribution in [0.15, 0.2) is 0 Å². The first-order valence-corrected chi connectivity index (χ1v) is 7.57. The van der Waals surface area contributed by atoms with Gasteiger partial charge in [0.05, 0.1) is 0 Å². The van der Waals surface area contributed by atoms with Gasteiger partial charge in [-0.15, -0.1) is 0 Å². The van der Waals surface area contributed by atoms with Crippen LogP contribution in [0.3, 0.4) is 0 Å². The lowest BCUT2D eigenvalue weighted by atomic mass is 9.96. The van der Waals surface area contributed by atoms with E-state index in [4.69, 9.17) is 0 Å². The van der Waals surface area contributed by atoms with E-state index in [1.165, 1.54) is 38.8 Å². The fraction of sp³-hybridized carbons (Fsp3) is 1.00. The summed E-state index contributed by atoms with van der Waals surface area (Å²) < 4.78 is 0. The number of rotatable bonds is 3. The first-order chi connectivity index (χ1) is 8.08. The van der Waals surface area contributed by atoms with Crippen molar-refractivity contribution in [3.8, 4) is 0 Å². The van der Waals surface area contributed by atoms with Crippen LogP contribution in [0.1, 0.15) is 53.4 Å². The third-order valence-electron chi connectivity index (χ3n) is 4.70. The van der Waals surface area contributed by atoms with Crippen molar-refractivity contribution in [1.82, 2.24) is 10.2 Å². The molecule has 1 aliphatic carbocycles. The van der Waals surface area contributed by atoms with Crippen molar-refractivity contribution >= 4 is 0 Å². The van der Waals surface area contributed by atoms with E-state index in [1.54, 1.807) is 0 Å². The quantitative estimate of drug-likeness (QED) is 0.813. The Hall–Kier alpha value is -0.0800. The van der Waals surface area contributed by atoms with Gasteiger partial charge >= 0.3 is 0 Å². The predicted octanol–water partition coefficient (Wildman–Crippen LogP) is 2.88. The molecule has 2 nitrogen and oxygen atoms in total. The molecule has 2 aliphatic rings. The van der Waals surface area contributed by atoms with Gasteiger partial charge in [-0.2, -0.15) is 0 Å². The van der Waals surface area contributed by atoms with E-state index in [0.717, 1.165) is 30.0 Å². The molecule has 0 aromatic heterocycles. The highest BCUT2D eigenvalue weighted by Crippen LogP contribution is 2.32. The van der Waals surface area contributed by atoms with Crippen LogP contribution in [0, 0.1) is 11.8 Å². The number of hydrogen-bond acceptors (Lipinski definition) is 2. The lowest BCUT2D eigenvalue weighted by molar-refractivity contribution is 0.0692. The fourth-order valence-electron chi connectivity index (χ4n) is 3.76. The smallest absolute Gasteiger partial charge is 0.0198 e. The number of piperazine rings is 1. The van der Waals surface area contributed by atoms with Crippen molar-refractivity contribution < 1.29 is 0 Å². The zero-order chi connectivity index (χ0) is 12.4. The van der Waals surface area contributed by atoms with E-state index < -0.39 is 0 Å². The highest BCUT2D eigenvalue weighted by atomic mass is 15.3. The Balaban J connectivity index is 1.94. The Kier molecular flexibility index (Phi) is 4.48. The van der Waals surface area contributed by atoms with Crippen LogP contribution < -0.4 is 5.32 Å². The minimum Gasteiger partial charge on any atom is -0.311 e. The van der Waals surface area contributed by atoms with E-state index in [2.05, 4.69) is 37.9 Å². The standard InChI is InChI=1S/C15H30N2/c1-11(2)8-14-10-17(13(4)9-16-14)15-7-5-6-12(15)3/h11-16H,5-10H2,1-4H3. The number of nitrogens with zero attached hydrogens (tertiary/aromatic N) is 1. The molecule has 0 amide bonds. The Morgan fingerprint density at radius 2 is 2.00 bits per heavy atom. The van der Waals surface area contributed by atoms with Gasteiger partial charge in [-0.3, -0.25) is 4.90 Å². The average Bonchev–Trinajstić information content (AvgIpc) is 2.67. The zero-order valence-corrected chi connectivity index (χ0v) is 12.1. The van der Waals surface area contributed by atoms with E-state index >= 15 is 0 Å². The molecule has 0 aromatic rings. The van der Waals surface area contributed by atoms with Crippen molar-refractivity contribution in [3.05, 3.63) is 0 Å². The molecule has 1 saturated heterocycles. The van der Waals surface area contributed by atoms with Crippen LogP contribution in [0.2, 0.25) is 0 Å². The van der Waals surface area contributed by atoms with Crippen LogP contribution in [-0.2, 0) is 0 Å². The topological polar surface area (TPSA) is 15.3 Å². The Labute approximate surface area is 107 Å². The van der Waals surface area contributed by atoms with Crippen LogP contribution in [0.25, 0.3) is 0 Å². The Bertz CT molecular complexity index is 239. The van der Waals surface area contributed by atoms with E-state index in [-0.39, 0.29) is 0 Å². The molecule has 1 saturated carbocycles. The van der Waals surface area contributed by atoms with Gasteiger partial charge in [-0.1, -0.05) is 27.2 Å². The zero-order valence-electron chi connectivity index (χ0n) is 12.1. The molecule has 4 unspecified atom stereocenters. The second-order valence-corrected chi connectivity index (χ2v) is 6.76. The third kappa shape index (κ3) is 3.23. The maximum Gasteiger partial charge on any atom is 0.0198 e. The molecule has 100 valence electrons. The minimum atomic E-state index is 0.721. The Morgan fingerprint density at radius 3 is 2.59 bits per heavy atom. The molecule has 1 heterocycles. The van der Waals surface area contributed by atoms with Crippen molar-refractivity contribution in [3.63, 3.8) is 0 Å². The summed E-state index contributed by atoms with van der Waals surface area (Å²) in [5, 5.41) is 3.73. The average molecular weight is 238 g/mol. The van der Waals surface area contributed by atoms with Crippen LogP contribution in [0.4, 0.5) is 0 Å². The van der Waals surface area contributed by atoms with Crippen molar-refractivity contribution in [2.75, 3.05) is 13.1 Å². The van der Waals surface area contributed by atoms with Crippen LogP contribution in [0.5, 0.6) is 0 Å². The monoisotopic (exact) mass is 238 g/mol. The summed E-state index contributed by atoms with van der Waals surface area (Å²) in [6, 6.07) is 2.31. The maximum atomic E-state index is 3.73. The summed E-state index contributed by atoms with van der Waals surface area (Å²) in [5.41, 5.74) is 0. The largest absolute Gasteiger partial charge is 0.311 e. The van der Waals surface area contributed by atoms with E-state index in [0.29, 0.717) is 0 Å². The molecule has 4 atom stereocenters. The minimum absolute atomic E-state index is 0.721. The molecule has 0 bridgehead atoms. The van der Waals surface area contributed by atoms with E-state index in [1.807, 2.05) is 0 Å². The van der Waals surface area contributed by atoms with Crippen molar-refractivity contribution in [2.24, 2.45) is 11.8 Å². The molecule has 2 rings (SSSR count). The molecule has 0 radical (unpaired) electrons. The molecule has 1 N–H and O–H groups in total. The van der Waals surface area contributed by atoms with Crippen molar-refractivity contribution in [2.45, 2.75) is 71.5 Å². The first-order valence-electron chi connectivity index (χ1n) is 7.57. The summed E-state index contributed by atoms with van der Waals surface area (Å²) in [6.07, 6.45) is 5.64. The normalized spacial score (nSPS) is 40.1. The second-order valence-electron chi connectivity index (χ2n) is 6.76. The molecule has 17 heavy (non-hydrogen) atoms. The van der Waals surface area contributed by atoms with Gasteiger partial charge in [0, 0.05) is 31.2 Å². The van der Waals surface area contributed by atoms with Gasteiger partial charge in [0.2, 0.25) is 0 Å². The van der Waals surface area contributed by atoms with Gasteiger partial charge < -0.3 is 5.32 Å². The van der Waals surface area contributed by atoms with Crippen LogP contribution in [-0.4, -0.2) is 36.1 Å². The van der Waals surface area contributed by atoms with Gasteiger partial charge in [0.1, 0.15) is 0 Å². The second kappa shape index (κ2) is 5.71. The molecular weight excluding hydrogens is 208 g/mol. The summed E-state index contributed by atoms with van der Waals surface area (Å²) in [7, 11) is 0. The highest BCUT2D eigenvalue weighted by molar-refractivity contribution is 4.92. The van der Waals surface area contributed by atoms with Crippen LogP contribution >= 0.6 is 0 Å².